The summed E-state index contributed by atoms with van der Waals surface area (Å²) >= 11 is 0. The van der Waals surface area contributed by atoms with E-state index in [1.807, 2.05) is 30.3 Å². The first kappa shape index (κ1) is 25.3. The molecule has 3 unspecified atom stereocenters. The number of nitrogens with two attached hydrogens (primary N) is 2. The molecule has 1 aromatic rings. The van der Waals surface area contributed by atoms with Gasteiger partial charge in [0.05, 0.1) is 12.6 Å². The minimum absolute atomic E-state index is 0.327. The van der Waals surface area contributed by atoms with Crippen LogP contribution in [0.15, 0.2) is 30.3 Å². The molecule has 1 aliphatic rings. The van der Waals surface area contributed by atoms with Gasteiger partial charge < -0.3 is 32.1 Å². The lowest BCUT2D eigenvalue weighted by Crippen LogP contribution is -2.53. The van der Waals surface area contributed by atoms with Crippen LogP contribution in [0.4, 0.5) is 0 Å². The molecule has 0 radical (unpaired) electrons. The van der Waals surface area contributed by atoms with E-state index in [1.54, 1.807) is 0 Å². The Morgan fingerprint density at radius 1 is 1.12 bits per heavy atom. The number of unbranched alkanes of at least 4 members (excludes halogenated alkanes) is 1. The Labute approximate surface area is 187 Å². The monoisotopic (exact) mass is 447 g/mol. The molecule has 10 nitrogen and oxygen atoms in total. The molecule has 1 heterocycles. The van der Waals surface area contributed by atoms with E-state index >= 15 is 0 Å². The maximum absolute atomic E-state index is 12.7. The molecular weight excluding hydrogens is 414 g/mol. The van der Waals surface area contributed by atoms with Crippen molar-refractivity contribution in [1.29, 1.82) is 0 Å². The van der Waals surface area contributed by atoms with E-state index < -0.39 is 41.8 Å². The molecule has 1 fully saturated rings. The second-order valence-corrected chi connectivity index (χ2v) is 7.94. The molecule has 1 saturated heterocycles. The maximum Gasteiger partial charge on any atom is 0.326 e. The summed E-state index contributed by atoms with van der Waals surface area (Å²) in [7, 11) is 0. The third kappa shape index (κ3) is 7.61. The Balaban J connectivity index is 1.92. The summed E-state index contributed by atoms with van der Waals surface area (Å²) in [5.41, 5.74) is 12.5. The summed E-state index contributed by atoms with van der Waals surface area (Å²) in [4.78, 5) is 50.2. The number of nitrogens with one attached hydrogen (secondary N) is 2. The molecule has 3 atom stereocenters. The molecule has 32 heavy (non-hydrogen) atoms. The summed E-state index contributed by atoms with van der Waals surface area (Å²) in [6.45, 7) is 0.471. The highest BCUT2D eigenvalue weighted by molar-refractivity contribution is 5.92. The van der Waals surface area contributed by atoms with Gasteiger partial charge in [-0.3, -0.25) is 14.4 Å². The quantitative estimate of drug-likeness (QED) is 0.266. The predicted octanol–water partition coefficient (Wildman–Crippen LogP) is -0.638. The van der Waals surface area contributed by atoms with Gasteiger partial charge in [-0.05, 0) is 50.6 Å². The lowest BCUT2D eigenvalue weighted by atomic mass is 10.0. The molecule has 0 spiro atoms. The SMILES string of the molecule is NCCCCC(NC(=O)C(N)Cc1ccccc1)C(=O)NCC(=O)N1CCCC1C(=O)O. The molecule has 1 aromatic carbocycles. The van der Waals surface area contributed by atoms with Gasteiger partial charge >= 0.3 is 5.97 Å². The number of aliphatic carboxylic acids is 1. The van der Waals surface area contributed by atoms with Gasteiger partial charge in [0.25, 0.3) is 0 Å². The fraction of sp³-hybridized carbons (Fsp3) is 0.545. The number of hydrogen-bond donors (Lipinski definition) is 5. The number of carbonyl (C=O) groups excluding carboxylic acids is 3. The highest BCUT2D eigenvalue weighted by Gasteiger charge is 2.34. The molecule has 0 bridgehead atoms. The van der Waals surface area contributed by atoms with Crippen LogP contribution in [-0.2, 0) is 25.6 Å². The van der Waals surface area contributed by atoms with E-state index in [9.17, 15) is 24.3 Å². The summed E-state index contributed by atoms with van der Waals surface area (Å²) in [5.74, 6) is -2.49. The fourth-order valence-electron chi connectivity index (χ4n) is 3.71. The summed E-state index contributed by atoms with van der Waals surface area (Å²) in [5, 5.41) is 14.4. The number of rotatable bonds is 12. The summed E-state index contributed by atoms with van der Waals surface area (Å²) < 4.78 is 0. The van der Waals surface area contributed by atoms with Crippen molar-refractivity contribution in [1.82, 2.24) is 15.5 Å². The first-order valence-electron chi connectivity index (χ1n) is 10.9. The van der Waals surface area contributed by atoms with Crippen molar-refractivity contribution in [3.8, 4) is 0 Å². The van der Waals surface area contributed by atoms with Crippen LogP contribution >= 0.6 is 0 Å². The van der Waals surface area contributed by atoms with Gasteiger partial charge in [0.15, 0.2) is 0 Å². The molecule has 1 aliphatic heterocycles. The molecule has 0 saturated carbocycles. The van der Waals surface area contributed by atoms with Crippen molar-refractivity contribution in [2.75, 3.05) is 19.6 Å². The Hall–Kier alpha value is -2.98. The van der Waals surface area contributed by atoms with Gasteiger partial charge in [-0.15, -0.1) is 0 Å². The number of benzene rings is 1. The normalized spacial score (nSPS) is 17.4. The molecule has 3 amide bonds. The van der Waals surface area contributed by atoms with Crippen molar-refractivity contribution >= 4 is 23.7 Å². The molecule has 2 rings (SSSR count). The van der Waals surface area contributed by atoms with Crippen molar-refractivity contribution in [3.05, 3.63) is 35.9 Å². The van der Waals surface area contributed by atoms with Crippen LogP contribution in [0, 0.1) is 0 Å². The van der Waals surface area contributed by atoms with E-state index in [0.717, 1.165) is 5.56 Å². The van der Waals surface area contributed by atoms with E-state index in [0.29, 0.717) is 51.6 Å². The van der Waals surface area contributed by atoms with Crippen LogP contribution in [0.2, 0.25) is 0 Å². The largest absolute Gasteiger partial charge is 0.480 e. The van der Waals surface area contributed by atoms with Crippen LogP contribution in [0.5, 0.6) is 0 Å². The fourth-order valence-corrected chi connectivity index (χ4v) is 3.71. The zero-order valence-electron chi connectivity index (χ0n) is 18.2. The van der Waals surface area contributed by atoms with Crippen LogP contribution in [0.1, 0.15) is 37.7 Å². The zero-order chi connectivity index (χ0) is 23.5. The van der Waals surface area contributed by atoms with Gasteiger partial charge in [0.2, 0.25) is 17.7 Å². The lowest BCUT2D eigenvalue weighted by molar-refractivity contribution is -0.148. The standard InChI is InChI=1S/C22H33N5O5/c23-11-5-4-9-17(26-20(29)16(24)13-15-7-2-1-3-8-15)21(30)25-14-19(28)27-12-6-10-18(27)22(31)32/h1-3,7-8,16-18H,4-6,9-14,23-24H2,(H,25,30)(H,26,29)(H,31,32). The summed E-state index contributed by atoms with van der Waals surface area (Å²) in [6, 6.07) is 6.76. The van der Waals surface area contributed by atoms with E-state index in [2.05, 4.69) is 10.6 Å². The Bertz CT molecular complexity index is 788. The second-order valence-electron chi connectivity index (χ2n) is 7.94. The minimum Gasteiger partial charge on any atom is -0.480 e. The molecule has 7 N–H and O–H groups in total. The molecule has 0 aliphatic carbocycles. The Morgan fingerprint density at radius 2 is 1.84 bits per heavy atom. The number of likely N-dealkylation sites (tertiary alicyclic amines) is 1. The lowest BCUT2D eigenvalue weighted by Gasteiger charge is -2.23. The molecule has 10 heteroatoms. The topological polar surface area (TPSA) is 168 Å². The van der Waals surface area contributed by atoms with E-state index in [4.69, 9.17) is 11.5 Å². The van der Waals surface area contributed by atoms with Crippen LogP contribution < -0.4 is 22.1 Å². The zero-order valence-corrected chi connectivity index (χ0v) is 18.2. The van der Waals surface area contributed by atoms with Gasteiger partial charge in [-0.2, -0.15) is 0 Å². The van der Waals surface area contributed by atoms with Gasteiger partial charge in [-0.25, -0.2) is 4.79 Å². The molecule has 0 aromatic heterocycles. The average Bonchev–Trinajstić information content (AvgIpc) is 3.27. The smallest absolute Gasteiger partial charge is 0.326 e. The van der Waals surface area contributed by atoms with E-state index in [1.165, 1.54) is 4.90 Å². The van der Waals surface area contributed by atoms with E-state index in [-0.39, 0.29) is 6.54 Å². The number of carboxylic acids is 1. The highest BCUT2D eigenvalue weighted by atomic mass is 16.4. The molecular formula is C22H33N5O5. The number of amides is 3. The van der Waals surface area contributed by atoms with Crippen LogP contribution in [-0.4, -0.2) is 71.5 Å². The first-order chi connectivity index (χ1) is 15.3. The predicted molar refractivity (Wildman–Crippen MR) is 118 cm³/mol. The van der Waals surface area contributed by atoms with Crippen molar-refractivity contribution in [2.24, 2.45) is 11.5 Å². The average molecular weight is 448 g/mol. The van der Waals surface area contributed by atoms with Gasteiger partial charge in [-0.1, -0.05) is 30.3 Å². The third-order valence-corrected chi connectivity index (χ3v) is 5.49. The summed E-state index contributed by atoms with van der Waals surface area (Å²) in [6.07, 6.45) is 2.98. The number of carboxylic acid groups (broad SMARTS) is 1. The number of carbonyl (C=O) groups is 4. The number of hydrogen-bond acceptors (Lipinski definition) is 6. The van der Waals surface area contributed by atoms with Crippen molar-refractivity contribution in [3.63, 3.8) is 0 Å². The van der Waals surface area contributed by atoms with Crippen molar-refractivity contribution in [2.45, 2.75) is 56.7 Å². The second kappa shape index (κ2) is 12.8. The third-order valence-electron chi connectivity index (χ3n) is 5.49. The highest BCUT2D eigenvalue weighted by Crippen LogP contribution is 2.17. The Morgan fingerprint density at radius 3 is 2.50 bits per heavy atom. The first-order valence-corrected chi connectivity index (χ1v) is 10.9. The van der Waals surface area contributed by atoms with Gasteiger partial charge in [0.1, 0.15) is 12.1 Å². The van der Waals surface area contributed by atoms with Gasteiger partial charge in [0, 0.05) is 6.54 Å². The molecule has 176 valence electrons. The van der Waals surface area contributed by atoms with Crippen LogP contribution in [0.3, 0.4) is 0 Å². The minimum atomic E-state index is -1.05. The number of nitrogens with zero attached hydrogens (tertiary/aromatic N) is 1. The van der Waals surface area contributed by atoms with Crippen LogP contribution in [0.25, 0.3) is 0 Å². The maximum atomic E-state index is 12.7. The van der Waals surface area contributed by atoms with Crippen molar-refractivity contribution < 1.29 is 24.3 Å². The Kier molecular flexibility index (Phi) is 10.1.